The molecule has 0 atom stereocenters. The van der Waals surface area contributed by atoms with Gasteiger partial charge in [0, 0.05) is 17.6 Å². The first-order valence-corrected chi connectivity index (χ1v) is 6.75. The first kappa shape index (κ1) is 13.8. The summed E-state index contributed by atoms with van der Waals surface area (Å²) < 4.78 is 5.30. The number of aryl methyl sites for hydroxylation is 1. The fourth-order valence-corrected chi connectivity index (χ4v) is 2.19. The van der Waals surface area contributed by atoms with Gasteiger partial charge in [0.05, 0.1) is 12.6 Å². The molecule has 1 aromatic heterocycles. The molecule has 1 N–H and O–H groups in total. The standard InChI is InChI=1S/C16H22N2O/c1-11(2)9-17-10-13-7-12(3)18-16-6-5-14(19-4)8-15(13)16/h5-8,11,17H,9-10H2,1-4H3. The van der Waals surface area contributed by atoms with Gasteiger partial charge in [-0.25, -0.2) is 0 Å². The topological polar surface area (TPSA) is 34.1 Å². The van der Waals surface area contributed by atoms with Crippen molar-refractivity contribution in [3.63, 3.8) is 0 Å². The van der Waals surface area contributed by atoms with Crippen LogP contribution < -0.4 is 10.1 Å². The molecule has 3 nitrogen and oxygen atoms in total. The molecule has 0 saturated heterocycles. The molecular formula is C16H22N2O. The molecule has 0 amide bonds. The zero-order valence-electron chi connectivity index (χ0n) is 12.2. The maximum atomic E-state index is 5.30. The minimum atomic E-state index is 0.656. The van der Waals surface area contributed by atoms with Crippen LogP contribution >= 0.6 is 0 Å². The number of ether oxygens (including phenoxy) is 1. The zero-order chi connectivity index (χ0) is 13.8. The second-order valence-corrected chi connectivity index (χ2v) is 5.33. The number of fused-ring (bicyclic) bond motifs is 1. The van der Waals surface area contributed by atoms with Gasteiger partial charge in [-0.05, 0) is 49.2 Å². The number of hydrogen-bond donors (Lipinski definition) is 1. The molecule has 2 rings (SSSR count). The summed E-state index contributed by atoms with van der Waals surface area (Å²) in [4.78, 5) is 4.57. The molecule has 0 saturated carbocycles. The maximum absolute atomic E-state index is 5.30. The lowest BCUT2D eigenvalue weighted by atomic mass is 10.1. The number of methoxy groups -OCH3 is 1. The van der Waals surface area contributed by atoms with Gasteiger partial charge in [-0.3, -0.25) is 4.98 Å². The average molecular weight is 258 g/mol. The van der Waals surface area contributed by atoms with Gasteiger partial charge in [0.2, 0.25) is 0 Å². The van der Waals surface area contributed by atoms with Crippen molar-refractivity contribution in [2.75, 3.05) is 13.7 Å². The summed E-state index contributed by atoms with van der Waals surface area (Å²) in [7, 11) is 1.69. The molecule has 0 fully saturated rings. The summed E-state index contributed by atoms with van der Waals surface area (Å²) in [5.74, 6) is 1.53. The molecule has 102 valence electrons. The summed E-state index contributed by atoms with van der Waals surface area (Å²) in [6.07, 6.45) is 0. The number of hydrogen-bond acceptors (Lipinski definition) is 3. The van der Waals surface area contributed by atoms with Gasteiger partial charge in [-0.2, -0.15) is 0 Å². The molecule has 0 aliphatic rings. The monoisotopic (exact) mass is 258 g/mol. The van der Waals surface area contributed by atoms with Crippen LogP contribution in [-0.2, 0) is 6.54 Å². The molecule has 1 aromatic carbocycles. The summed E-state index contributed by atoms with van der Waals surface area (Å²) in [6.45, 7) is 8.35. The first-order chi connectivity index (χ1) is 9.10. The number of benzene rings is 1. The van der Waals surface area contributed by atoms with Crippen LogP contribution in [0, 0.1) is 12.8 Å². The van der Waals surface area contributed by atoms with Crippen LogP contribution in [0.3, 0.4) is 0 Å². The number of nitrogens with zero attached hydrogens (tertiary/aromatic N) is 1. The van der Waals surface area contributed by atoms with E-state index in [1.54, 1.807) is 7.11 Å². The third-order valence-corrected chi connectivity index (χ3v) is 3.10. The van der Waals surface area contributed by atoms with E-state index in [9.17, 15) is 0 Å². The Labute approximate surface area is 115 Å². The van der Waals surface area contributed by atoms with Gasteiger partial charge in [-0.15, -0.1) is 0 Å². The van der Waals surface area contributed by atoms with Crippen molar-refractivity contribution in [3.05, 3.63) is 35.5 Å². The molecule has 0 bridgehead atoms. The Bertz CT molecular complexity index is 564. The van der Waals surface area contributed by atoms with Crippen molar-refractivity contribution in [2.45, 2.75) is 27.3 Å². The summed E-state index contributed by atoms with van der Waals surface area (Å²) in [5.41, 5.74) is 3.36. The fraction of sp³-hybridized carbons (Fsp3) is 0.438. The Balaban J connectivity index is 2.34. The smallest absolute Gasteiger partial charge is 0.119 e. The molecule has 3 heteroatoms. The molecule has 0 radical (unpaired) electrons. The van der Waals surface area contributed by atoms with Crippen molar-refractivity contribution in [1.29, 1.82) is 0 Å². The van der Waals surface area contributed by atoms with E-state index in [1.807, 2.05) is 19.1 Å². The normalized spacial score (nSPS) is 11.2. The summed E-state index contributed by atoms with van der Waals surface area (Å²) in [5, 5.41) is 4.66. The van der Waals surface area contributed by atoms with Crippen molar-refractivity contribution in [1.82, 2.24) is 10.3 Å². The number of aromatic nitrogens is 1. The number of nitrogens with one attached hydrogen (secondary N) is 1. The summed E-state index contributed by atoms with van der Waals surface area (Å²) >= 11 is 0. The van der Waals surface area contributed by atoms with Crippen molar-refractivity contribution in [3.8, 4) is 5.75 Å². The lowest BCUT2D eigenvalue weighted by Crippen LogP contribution is -2.19. The Morgan fingerprint density at radius 2 is 2.05 bits per heavy atom. The minimum Gasteiger partial charge on any atom is -0.497 e. The predicted molar refractivity (Wildman–Crippen MR) is 79.6 cm³/mol. The van der Waals surface area contributed by atoms with Gasteiger partial charge in [-0.1, -0.05) is 13.8 Å². The highest BCUT2D eigenvalue weighted by Gasteiger charge is 2.06. The van der Waals surface area contributed by atoms with Gasteiger partial charge < -0.3 is 10.1 Å². The summed E-state index contributed by atoms with van der Waals surface area (Å²) in [6, 6.07) is 8.19. The van der Waals surface area contributed by atoms with Crippen LogP contribution in [-0.4, -0.2) is 18.6 Å². The van der Waals surface area contributed by atoms with E-state index >= 15 is 0 Å². The first-order valence-electron chi connectivity index (χ1n) is 6.75. The van der Waals surface area contributed by atoms with Gasteiger partial charge in [0.15, 0.2) is 0 Å². The molecule has 19 heavy (non-hydrogen) atoms. The van der Waals surface area contributed by atoms with E-state index in [2.05, 4.69) is 36.3 Å². The van der Waals surface area contributed by atoms with Crippen LogP contribution in [0.1, 0.15) is 25.1 Å². The quantitative estimate of drug-likeness (QED) is 0.893. The lowest BCUT2D eigenvalue weighted by molar-refractivity contribution is 0.415. The molecule has 0 spiro atoms. The third-order valence-electron chi connectivity index (χ3n) is 3.10. The van der Waals surface area contributed by atoms with E-state index in [1.165, 1.54) is 10.9 Å². The molecule has 0 unspecified atom stereocenters. The zero-order valence-corrected chi connectivity index (χ0v) is 12.2. The molecular weight excluding hydrogens is 236 g/mol. The van der Waals surface area contributed by atoms with E-state index in [0.717, 1.165) is 30.0 Å². The van der Waals surface area contributed by atoms with E-state index in [4.69, 9.17) is 4.74 Å². The van der Waals surface area contributed by atoms with Crippen LogP contribution in [0.15, 0.2) is 24.3 Å². The average Bonchev–Trinajstić information content (AvgIpc) is 2.37. The van der Waals surface area contributed by atoms with Crippen molar-refractivity contribution in [2.24, 2.45) is 5.92 Å². The van der Waals surface area contributed by atoms with Crippen LogP contribution in [0.5, 0.6) is 5.75 Å². The highest BCUT2D eigenvalue weighted by Crippen LogP contribution is 2.23. The number of pyridine rings is 1. The van der Waals surface area contributed by atoms with Gasteiger partial charge in [0.25, 0.3) is 0 Å². The van der Waals surface area contributed by atoms with E-state index < -0.39 is 0 Å². The third kappa shape index (κ3) is 3.44. The fourth-order valence-electron chi connectivity index (χ4n) is 2.19. The Kier molecular flexibility index (Phi) is 4.38. The Hall–Kier alpha value is -1.61. The van der Waals surface area contributed by atoms with Crippen molar-refractivity contribution < 1.29 is 4.74 Å². The van der Waals surface area contributed by atoms with Crippen LogP contribution in [0.2, 0.25) is 0 Å². The number of rotatable bonds is 5. The Morgan fingerprint density at radius 1 is 1.26 bits per heavy atom. The van der Waals surface area contributed by atoms with Crippen LogP contribution in [0.25, 0.3) is 10.9 Å². The van der Waals surface area contributed by atoms with Crippen LogP contribution in [0.4, 0.5) is 0 Å². The molecule has 0 aliphatic carbocycles. The SMILES string of the molecule is COc1ccc2nc(C)cc(CNCC(C)C)c2c1. The maximum Gasteiger partial charge on any atom is 0.119 e. The highest BCUT2D eigenvalue weighted by molar-refractivity contribution is 5.83. The second-order valence-electron chi connectivity index (χ2n) is 5.33. The van der Waals surface area contributed by atoms with E-state index in [-0.39, 0.29) is 0 Å². The second kappa shape index (κ2) is 6.02. The molecule has 2 aromatic rings. The highest BCUT2D eigenvalue weighted by atomic mass is 16.5. The van der Waals surface area contributed by atoms with E-state index in [0.29, 0.717) is 5.92 Å². The Morgan fingerprint density at radius 3 is 2.74 bits per heavy atom. The minimum absolute atomic E-state index is 0.656. The van der Waals surface area contributed by atoms with Gasteiger partial charge >= 0.3 is 0 Å². The van der Waals surface area contributed by atoms with Gasteiger partial charge in [0.1, 0.15) is 5.75 Å². The molecule has 1 heterocycles. The lowest BCUT2D eigenvalue weighted by Gasteiger charge is -2.11. The van der Waals surface area contributed by atoms with Crippen molar-refractivity contribution >= 4 is 10.9 Å². The molecule has 0 aliphatic heterocycles. The predicted octanol–water partition coefficient (Wildman–Crippen LogP) is 3.30. The largest absolute Gasteiger partial charge is 0.497 e.